The van der Waals surface area contributed by atoms with Crippen molar-refractivity contribution in [3.63, 3.8) is 0 Å². The van der Waals surface area contributed by atoms with Gasteiger partial charge in [-0.2, -0.15) is 0 Å². The molecular weight excluding hydrogens is 737 g/mol. The molecule has 0 bridgehead atoms. The third-order valence-electron chi connectivity index (χ3n) is 12.9. The van der Waals surface area contributed by atoms with Gasteiger partial charge in [-0.05, 0) is 102 Å². The molecule has 58 heavy (non-hydrogen) atoms. The van der Waals surface area contributed by atoms with Crippen molar-refractivity contribution in [2.24, 2.45) is 0 Å². The van der Waals surface area contributed by atoms with Gasteiger partial charge in [-0.15, -0.1) is 22.7 Å². The monoisotopic (exact) mass is 770 g/mol. The fraction of sp³-hybridized carbons (Fsp3) is 0.0357. The SMILES string of the molecule is c1ccc2c(c1)-c1ccc3sc4ccccc4c3c1C2c1ccc(-c2ccc(-c3ccc(C4c5ccccc5-c5ccc6sc7ccccc7c6c54)cc3)cc2)cc1. The van der Waals surface area contributed by atoms with Crippen LogP contribution in [0.1, 0.15) is 45.2 Å². The highest BCUT2D eigenvalue weighted by Gasteiger charge is 2.34. The minimum Gasteiger partial charge on any atom is -0.135 e. The Kier molecular flexibility index (Phi) is 6.98. The molecule has 0 radical (unpaired) electrons. The van der Waals surface area contributed by atoms with Gasteiger partial charge in [0.25, 0.3) is 0 Å². The van der Waals surface area contributed by atoms with Crippen molar-refractivity contribution in [3.05, 3.63) is 228 Å². The minimum atomic E-state index is 0.203. The molecule has 2 aliphatic carbocycles. The summed E-state index contributed by atoms with van der Waals surface area (Å²) >= 11 is 3.81. The van der Waals surface area contributed by atoms with Crippen molar-refractivity contribution in [2.75, 3.05) is 0 Å². The highest BCUT2D eigenvalue weighted by Crippen LogP contribution is 2.55. The van der Waals surface area contributed by atoms with Gasteiger partial charge >= 0.3 is 0 Å². The Balaban J connectivity index is 0.826. The molecule has 2 aromatic heterocycles. The van der Waals surface area contributed by atoms with E-state index < -0.39 is 0 Å². The standard InChI is InChI=1S/C56H34S2/c1-3-11-41-39(9-1)43-29-31-49-53(45-13-5-7-15-47(45)57-49)55(43)51(41)37-25-21-35(22-26-37)33-17-19-34(20-18-33)36-23-27-38(28-24-36)52-42-12-4-2-10-40(42)44-30-32-50-54(56(44)52)46-14-6-8-16-48(46)58-50/h1-32,51-52H. The summed E-state index contributed by atoms with van der Waals surface area (Å²) in [5.74, 6) is 0.406. The average Bonchev–Trinajstić information content (AvgIpc) is 4.04. The minimum absolute atomic E-state index is 0.203. The molecule has 2 unspecified atom stereocenters. The number of thiophene rings is 2. The summed E-state index contributed by atoms with van der Waals surface area (Å²) in [6.45, 7) is 0. The molecule has 2 heteroatoms. The van der Waals surface area contributed by atoms with Gasteiger partial charge in [0.15, 0.2) is 0 Å². The fourth-order valence-electron chi connectivity index (χ4n) is 10.3. The summed E-state index contributed by atoms with van der Waals surface area (Å²) in [7, 11) is 0. The molecule has 2 aliphatic rings. The summed E-state index contributed by atoms with van der Waals surface area (Å²) in [5, 5.41) is 5.56. The molecule has 0 fully saturated rings. The zero-order chi connectivity index (χ0) is 37.9. The van der Waals surface area contributed by atoms with E-state index >= 15 is 0 Å². The molecule has 9 aromatic carbocycles. The Morgan fingerprint density at radius 2 is 0.638 bits per heavy atom. The Labute approximate surface area is 344 Å². The van der Waals surface area contributed by atoms with Gasteiger partial charge in [-0.1, -0.05) is 170 Å². The zero-order valence-corrected chi connectivity index (χ0v) is 33.1. The van der Waals surface area contributed by atoms with Crippen molar-refractivity contribution < 1.29 is 0 Å². The maximum Gasteiger partial charge on any atom is 0.0358 e. The Hall–Kier alpha value is -6.58. The molecule has 11 aromatic rings. The number of benzene rings is 9. The van der Waals surface area contributed by atoms with E-state index in [1.54, 1.807) is 0 Å². The van der Waals surface area contributed by atoms with Crippen molar-refractivity contribution >= 4 is 63.0 Å². The normalized spacial score (nSPS) is 15.2. The molecule has 0 N–H and O–H groups in total. The van der Waals surface area contributed by atoms with Gasteiger partial charge in [-0.25, -0.2) is 0 Å². The molecule has 0 aliphatic heterocycles. The van der Waals surface area contributed by atoms with E-state index in [0.29, 0.717) is 0 Å². The van der Waals surface area contributed by atoms with Gasteiger partial charge in [0.2, 0.25) is 0 Å². The first-order valence-electron chi connectivity index (χ1n) is 20.1. The molecule has 2 heterocycles. The number of fused-ring (bicyclic) bond motifs is 14. The number of hydrogen-bond acceptors (Lipinski definition) is 2. The third kappa shape index (κ3) is 4.68. The summed E-state index contributed by atoms with van der Waals surface area (Å²) < 4.78 is 5.45. The molecule has 0 saturated heterocycles. The van der Waals surface area contributed by atoms with Crippen LogP contribution >= 0.6 is 22.7 Å². The van der Waals surface area contributed by atoms with Gasteiger partial charge < -0.3 is 0 Å². The molecule has 0 amide bonds. The summed E-state index contributed by atoms with van der Waals surface area (Å²) in [6.07, 6.45) is 0. The van der Waals surface area contributed by atoms with E-state index in [1.807, 2.05) is 22.7 Å². The molecule has 0 nitrogen and oxygen atoms in total. The molecule has 270 valence electrons. The largest absolute Gasteiger partial charge is 0.135 e. The van der Waals surface area contributed by atoms with Crippen LogP contribution in [0.2, 0.25) is 0 Å². The van der Waals surface area contributed by atoms with E-state index in [4.69, 9.17) is 0 Å². The second kappa shape index (κ2) is 12.5. The lowest BCUT2D eigenvalue weighted by molar-refractivity contribution is 1.03. The summed E-state index contributed by atoms with van der Waals surface area (Å²) in [5.41, 5.74) is 18.8. The van der Waals surface area contributed by atoms with Crippen LogP contribution in [0.25, 0.3) is 84.9 Å². The van der Waals surface area contributed by atoms with Crippen molar-refractivity contribution in [3.8, 4) is 44.5 Å². The van der Waals surface area contributed by atoms with Crippen LogP contribution in [-0.2, 0) is 0 Å². The van der Waals surface area contributed by atoms with Gasteiger partial charge in [0.05, 0.1) is 0 Å². The van der Waals surface area contributed by atoms with E-state index in [1.165, 1.54) is 118 Å². The lowest BCUT2D eigenvalue weighted by Gasteiger charge is -2.17. The molecular formula is C56H34S2. The first kappa shape index (κ1) is 32.5. The number of hydrogen-bond donors (Lipinski definition) is 0. The topological polar surface area (TPSA) is 0 Å². The van der Waals surface area contributed by atoms with E-state index in [2.05, 4.69) is 194 Å². The Morgan fingerprint density at radius 1 is 0.276 bits per heavy atom. The first-order chi connectivity index (χ1) is 28.8. The highest BCUT2D eigenvalue weighted by atomic mass is 32.1. The van der Waals surface area contributed by atoms with E-state index in [0.717, 1.165) is 0 Å². The van der Waals surface area contributed by atoms with Crippen LogP contribution in [0.5, 0.6) is 0 Å². The molecule has 0 saturated carbocycles. The third-order valence-corrected chi connectivity index (χ3v) is 15.2. The number of rotatable bonds is 4. The molecule has 0 spiro atoms. The second-order valence-electron chi connectivity index (χ2n) is 15.9. The maximum absolute atomic E-state index is 2.36. The Bertz CT molecular complexity index is 3200. The fourth-order valence-corrected chi connectivity index (χ4v) is 12.6. The zero-order valence-electron chi connectivity index (χ0n) is 31.4. The maximum atomic E-state index is 2.36. The van der Waals surface area contributed by atoms with Gasteiger partial charge in [0, 0.05) is 52.2 Å². The van der Waals surface area contributed by atoms with Gasteiger partial charge in [0.1, 0.15) is 0 Å². The predicted molar refractivity (Wildman–Crippen MR) is 249 cm³/mol. The highest BCUT2D eigenvalue weighted by molar-refractivity contribution is 7.26. The van der Waals surface area contributed by atoms with Crippen molar-refractivity contribution in [1.82, 2.24) is 0 Å². The van der Waals surface area contributed by atoms with Crippen LogP contribution in [0.4, 0.5) is 0 Å². The average molecular weight is 771 g/mol. The van der Waals surface area contributed by atoms with Crippen LogP contribution in [0.3, 0.4) is 0 Å². The lowest BCUT2D eigenvalue weighted by atomic mass is 9.86. The van der Waals surface area contributed by atoms with Crippen LogP contribution in [-0.4, -0.2) is 0 Å². The summed E-state index contributed by atoms with van der Waals surface area (Å²) in [6, 6.07) is 73.0. The van der Waals surface area contributed by atoms with Gasteiger partial charge in [-0.3, -0.25) is 0 Å². The van der Waals surface area contributed by atoms with Crippen molar-refractivity contribution in [2.45, 2.75) is 11.8 Å². The first-order valence-corrected chi connectivity index (χ1v) is 21.8. The van der Waals surface area contributed by atoms with E-state index in [9.17, 15) is 0 Å². The predicted octanol–water partition coefficient (Wildman–Crippen LogP) is 16.1. The van der Waals surface area contributed by atoms with Crippen LogP contribution in [0, 0.1) is 0 Å². The molecule has 2 atom stereocenters. The lowest BCUT2D eigenvalue weighted by Crippen LogP contribution is -2.00. The van der Waals surface area contributed by atoms with Crippen molar-refractivity contribution in [1.29, 1.82) is 0 Å². The smallest absolute Gasteiger partial charge is 0.0358 e. The van der Waals surface area contributed by atoms with Crippen LogP contribution in [0.15, 0.2) is 194 Å². The quantitative estimate of drug-likeness (QED) is 0.167. The van der Waals surface area contributed by atoms with Crippen LogP contribution < -0.4 is 0 Å². The van der Waals surface area contributed by atoms with E-state index in [-0.39, 0.29) is 11.8 Å². The summed E-state index contributed by atoms with van der Waals surface area (Å²) in [4.78, 5) is 0. The Morgan fingerprint density at radius 3 is 1.07 bits per heavy atom. The molecule has 13 rings (SSSR count). The second-order valence-corrected chi connectivity index (χ2v) is 18.0.